The van der Waals surface area contributed by atoms with Gasteiger partial charge in [-0.15, -0.1) is 0 Å². The van der Waals surface area contributed by atoms with Crippen molar-refractivity contribution in [3.63, 3.8) is 0 Å². The minimum absolute atomic E-state index is 0.222. The molecule has 1 amide bonds. The number of aromatic nitrogens is 1. The molecule has 1 heterocycles. The van der Waals surface area contributed by atoms with Crippen molar-refractivity contribution in [2.24, 2.45) is 0 Å². The fourth-order valence-corrected chi connectivity index (χ4v) is 2.96. The minimum atomic E-state index is -0.362. The van der Waals surface area contributed by atoms with Gasteiger partial charge < -0.3 is 14.8 Å². The Hall–Kier alpha value is -3.15. The number of ether oxygens (including phenoxy) is 2. The minimum Gasteiger partial charge on any atom is -0.496 e. The maximum absolute atomic E-state index is 13.2. The summed E-state index contributed by atoms with van der Waals surface area (Å²) in [6.07, 6.45) is 5.68. The van der Waals surface area contributed by atoms with Gasteiger partial charge in [-0.1, -0.05) is 32.6 Å². The van der Waals surface area contributed by atoms with Crippen molar-refractivity contribution in [2.45, 2.75) is 40.5 Å². The molecule has 0 saturated carbocycles. The predicted octanol–water partition coefficient (Wildman–Crippen LogP) is 5.25. The average Bonchev–Trinajstić information content (AvgIpc) is 2.78. The van der Waals surface area contributed by atoms with E-state index in [4.69, 9.17) is 9.47 Å². The molecule has 0 radical (unpaired) electrons. The van der Waals surface area contributed by atoms with Gasteiger partial charge >= 0.3 is 0 Å². The topological polar surface area (TPSA) is 60.5 Å². The Balaban J connectivity index is 0.00000233. The second-order valence-corrected chi connectivity index (χ2v) is 6.44. The number of amides is 1. The van der Waals surface area contributed by atoms with Gasteiger partial charge in [0.1, 0.15) is 11.6 Å². The Labute approximate surface area is 185 Å². The van der Waals surface area contributed by atoms with Crippen LogP contribution in [0, 0.1) is 12.7 Å². The van der Waals surface area contributed by atoms with E-state index in [0.29, 0.717) is 31.6 Å². The Morgan fingerprint density at radius 2 is 2.00 bits per heavy atom. The van der Waals surface area contributed by atoms with E-state index in [-0.39, 0.29) is 17.5 Å². The number of allylic oxidation sites excluding steroid dienone is 2. The number of carbonyl (C=O) groups excluding carboxylic acids is 1. The van der Waals surface area contributed by atoms with Gasteiger partial charge in [-0.3, -0.25) is 9.78 Å². The molecule has 0 fully saturated rings. The predicted molar refractivity (Wildman–Crippen MR) is 123 cm³/mol. The molecule has 0 spiro atoms. The number of benzene rings is 1. The van der Waals surface area contributed by atoms with Crippen molar-refractivity contribution in [1.29, 1.82) is 0 Å². The molecule has 0 aliphatic rings. The van der Waals surface area contributed by atoms with Crippen molar-refractivity contribution in [3.05, 3.63) is 77.6 Å². The van der Waals surface area contributed by atoms with E-state index < -0.39 is 0 Å². The summed E-state index contributed by atoms with van der Waals surface area (Å²) in [6, 6.07) is 7.09. The Morgan fingerprint density at radius 1 is 1.26 bits per heavy atom. The lowest BCUT2D eigenvalue weighted by atomic mass is 10.0. The molecule has 0 aliphatic heterocycles. The van der Waals surface area contributed by atoms with Gasteiger partial charge in [-0.25, -0.2) is 4.39 Å². The van der Waals surface area contributed by atoms with Gasteiger partial charge in [0.2, 0.25) is 0 Å². The Kier molecular flexibility index (Phi) is 11.7. The van der Waals surface area contributed by atoms with Crippen LogP contribution in [0.2, 0.25) is 0 Å². The van der Waals surface area contributed by atoms with Crippen LogP contribution in [0.3, 0.4) is 0 Å². The molecule has 0 aliphatic carbocycles. The van der Waals surface area contributed by atoms with E-state index in [2.05, 4.69) is 16.9 Å². The third kappa shape index (κ3) is 7.89. The highest BCUT2D eigenvalue weighted by atomic mass is 19.1. The van der Waals surface area contributed by atoms with Crippen LogP contribution in [-0.2, 0) is 16.0 Å². The molecular weight excluding hydrogens is 395 g/mol. The lowest BCUT2D eigenvalue weighted by Gasteiger charge is -2.15. The van der Waals surface area contributed by atoms with Gasteiger partial charge in [-0.05, 0) is 61.6 Å². The first-order valence-corrected chi connectivity index (χ1v) is 10.5. The van der Waals surface area contributed by atoms with E-state index in [1.807, 2.05) is 45.9 Å². The first-order chi connectivity index (χ1) is 15.0. The zero-order valence-electron chi connectivity index (χ0n) is 19.1. The molecule has 0 atom stereocenters. The molecule has 31 heavy (non-hydrogen) atoms. The second-order valence-electron chi connectivity index (χ2n) is 6.44. The number of carbonyl (C=O) groups is 1. The molecule has 168 valence electrons. The Bertz CT molecular complexity index is 894. The Morgan fingerprint density at radius 3 is 2.58 bits per heavy atom. The number of nitrogens with one attached hydrogen (secondary N) is 1. The van der Waals surface area contributed by atoms with E-state index >= 15 is 0 Å². The summed E-state index contributed by atoms with van der Waals surface area (Å²) in [4.78, 5) is 16.6. The number of aryl methyl sites for hydroxylation is 2. The van der Waals surface area contributed by atoms with Crippen LogP contribution in [0.4, 0.5) is 4.39 Å². The molecule has 0 saturated heterocycles. The summed E-state index contributed by atoms with van der Waals surface area (Å²) < 4.78 is 24.1. The highest BCUT2D eigenvalue weighted by molar-refractivity contribution is 6.01. The van der Waals surface area contributed by atoms with Crippen LogP contribution in [0.25, 0.3) is 5.57 Å². The van der Waals surface area contributed by atoms with Gasteiger partial charge in [-0.2, -0.15) is 0 Å². The number of hydrogen-bond donors (Lipinski definition) is 1. The van der Waals surface area contributed by atoms with E-state index in [1.54, 1.807) is 19.4 Å². The second kappa shape index (κ2) is 14.0. The largest absolute Gasteiger partial charge is 0.496 e. The van der Waals surface area contributed by atoms with Gasteiger partial charge in [0.25, 0.3) is 5.91 Å². The zero-order chi connectivity index (χ0) is 23.2. The standard InChI is InChI=1S/C23H27FN2O3.C2H6/c1-5-20(18-9-10-21(28-4)16(3)12-18)22(29-6-2)23(27)26-11-7-8-17-13-19(24)15-25-14-17;1-2/h5,9-10,12-15H,1,6-8,11H2,2-4H3,(H,26,27);1-2H3/b22-20+;. The third-order valence-electron chi connectivity index (χ3n) is 4.34. The summed E-state index contributed by atoms with van der Waals surface area (Å²) in [6.45, 7) is 12.4. The van der Waals surface area contributed by atoms with Crippen LogP contribution in [0.15, 0.2) is 55.1 Å². The van der Waals surface area contributed by atoms with E-state index in [9.17, 15) is 9.18 Å². The quantitative estimate of drug-likeness (QED) is 0.243. The number of pyridine rings is 1. The maximum atomic E-state index is 13.2. The molecule has 0 unspecified atom stereocenters. The molecule has 2 aromatic rings. The van der Waals surface area contributed by atoms with Crippen molar-refractivity contribution in [3.8, 4) is 5.75 Å². The molecule has 5 nitrogen and oxygen atoms in total. The number of hydrogen-bond acceptors (Lipinski definition) is 4. The first kappa shape index (κ1) is 25.9. The van der Waals surface area contributed by atoms with Crippen molar-refractivity contribution in [2.75, 3.05) is 20.3 Å². The molecule has 2 rings (SSSR count). The summed E-state index contributed by atoms with van der Waals surface area (Å²) in [5.41, 5.74) is 3.18. The maximum Gasteiger partial charge on any atom is 0.287 e. The van der Waals surface area contributed by atoms with Gasteiger partial charge in [0, 0.05) is 18.3 Å². The van der Waals surface area contributed by atoms with E-state index in [1.165, 1.54) is 12.3 Å². The molecule has 1 N–H and O–H groups in total. The zero-order valence-corrected chi connectivity index (χ0v) is 19.1. The monoisotopic (exact) mass is 428 g/mol. The fourth-order valence-electron chi connectivity index (χ4n) is 2.96. The van der Waals surface area contributed by atoms with Crippen molar-refractivity contribution < 1.29 is 18.7 Å². The van der Waals surface area contributed by atoms with Gasteiger partial charge in [0.15, 0.2) is 5.76 Å². The lowest BCUT2D eigenvalue weighted by Crippen LogP contribution is -2.28. The smallest absolute Gasteiger partial charge is 0.287 e. The molecule has 6 heteroatoms. The van der Waals surface area contributed by atoms with Gasteiger partial charge in [0.05, 0.1) is 19.9 Å². The average molecular weight is 429 g/mol. The van der Waals surface area contributed by atoms with Crippen LogP contribution in [0.5, 0.6) is 5.75 Å². The van der Waals surface area contributed by atoms with Crippen LogP contribution in [-0.4, -0.2) is 31.2 Å². The fraction of sp³-hybridized carbons (Fsp3) is 0.360. The summed E-state index contributed by atoms with van der Waals surface area (Å²) in [5.74, 6) is 0.317. The highest BCUT2D eigenvalue weighted by Crippen LogP contribution is 2.26. The highest BCUT2D eigenvalue weighted by Gasteiger charge is 2.17. The number of halogens is 1. The molecular formula is C25H33FN2O3. The van der Waals surface area contributed by atoms with Crippen LogP contribution < -0.4 is 10.1 Å². The summed E-state index contributed by atoms with van der Waals surface area (Å²) in [5, 5.41) is 2.87. The lowest BCUT2D eigenvalue weighted by molar-refractivity contribution is -0.120. The molecule has 1 aromatic carbocycles. The number of methoxy groups -OCH3 is 1. The van der Waals surface area contributed by atoms with Crippen molar-refractivity contribution in [1.82, 2.24) is 10.3 Å². The third-order valence-corrected chi connectivity index (χ3v) is 4.34. The van der Waals surface area contributed by atoms with Crippen LogP contribution in [0.1, 0.15) is 43.9 Å². The summed E-state index contributed by atoms with van der Waals surface area (Å²) >= 11 is 0. The van der Waals surface area contributed by atoms with Crippen molar-refractivity contribution >= 4 is 11.5 Å². The SMILES string of the molecule is C=C/C(=C(\OCC)C(=O)NCCCc1cncc(F)c1)c1ccc(OC)c(C)c1.CC. The van der Waals surface area contributed by atoms with Crippen LogP contribution >= 0.6 is 0 Å². The molecule has 1 aromatic heterocycles. The summed E-state index contributed by atoms with van der Waals surface area (Å²) in [7, 11) is 1.62. The number of nitrogens with zero attached hydrogens (tertiary/aromatic N) is 1. The number of rotatable bonds is 10. The molecule has 0 bridgehead atoms. The normalized spacial score (nSPS) is 10.9. The first-order valence-electron chi connectivity index (χ1n) is 10.5. The van der Waals surface area contributed by atoms with E-state index in [0.717, 1.165) is 22.4 Å².